The van der Waals surface area contributed by atoms with Gasteiger partial charge >= 0.3 is 6.09 Å². The van der Waals surface area contributed by atoms with Gasteiger partial charge in [0, 0.05) is 27.7 Å². The molecular formula is C16H22BrNO2S. The molecule has 0 N–H and O–H groups in total. The number of likely N-dealkylation sites (tertiary alicyclic amines) is 1. The van der Waals surface area contributed by atoms with Gasteiger partial charge in [0.25, 0.3) is 0 Å². The van der Waals surface area contributed by atoms with Crippen molar-refractivity contribution in [1.82, 2.24) is 4.90 Å². The molecule has 2 rings (SSSR count). The summed E-state index contributed by atoms with van der Waals surface area (Å²) in [6.07, 6.45) is 1.94. The van der Waals surface area contributed by atoms with E-state index in [1.165, 1.54) is 4.90 Å². The molecule has 1 heterocycles. The maximum atomic E-state index is 12.2. The van der Waals surface area contributed by atoms with Crippen molar-refractivity contribution in [2.45, 2.75) is 50.2 Å². The summed E-state index contributed by atoms with van der Waals surface area (Å²) in [5.74, 6) is 0.918. The van der Waals surface area contributed by atoms with Crippen LogP contribution < -0.4 is 0 Å². The predicted molar refractivity (Wildman–Crippen MR) is 90.8 cm³/mol. The smallest absolute Gasteiger partial charge is 0.410 e. The Bertz CT molecular complexity index is 484. The number of hydrogen-bond acceptors (Lipinski definition) is 3. The van der Waals surface area contributed by atoms with Gasteiger partial charge in [0.2, 0.25) is 0 Å². The van der Waals surface area contributed by atoms with Gasteiger partial charge in [-0.05, 0) is 57.9 Å². The highest BCUT2D eigenvalue weighted by Crippen LogP contribution is 2.28. The van der Waals surface area contributed by atoms with Gasteiger partial charge in [-0.25, -0.2) is 4.79 Å². The number of carbonyl (C=O) groups excluding carboxylic acids is 1. The van der Waals surface area contributed by atoms with Crippen LogP contribution in [0.5, 0.6) is 0 Å². The second kappa shape index (κ2) is 7.05. The first-order valence-corrected chi connectivity index (χ1v) is 9.01. The highest BCUT2D eigenvalue weighted by Gasteiger charge is 2.31. The molecule has 0 aliphatic carbocycles. The third-order valence-electron chi connectivity index (χ3n) is 3.26. The summed E-state index contributed by atoms with van der Waals surface area (Å²) < 4.78 is 6.58. The van der Waals surface area contributed by atoms with Crippen LogP contribution in [0.2, 0.25) is 0 Å². The van der Waals surface area contributed by atoms with E-state index in [-0.39, 0.29) is 12.1 Å². The minimum Gasteiger partial charge on any atom is -0.444 e. The maximum absolute atomic E-state index is 12.2. The number of benzene rings is 1. The fraction of sp³-hybridized carbons (Fsp3) is 0.562. The Morgan fingerprint density at radius 3 is 2.67 bits per heavy atom. The molecule has 0 spiro atoms. The third kappa shape index (κ3) is 5.22. The Morgan fingerprint density at radius 1 is 1.38 bits per heavy atom. The zero-order valence-electron chi connectivity index (χ0n) is 12.8. The monoisotopic (exact) mass is 371 g/mol. The van der Waals surface area contributed by atoms with Gasteiger partial charge in [0.1, 0.15) is 5.60 Å². The van der Waals surface area contributed by atoms with Gasteiger partial charge in [0.15, 0.2) is 0 Å². The van der Waals surface area contributed by atoms with Crippen molar-refractivity contribution >= 4 is 33.8 Å². The standard InChI is InChI=1S/C16H22BrNO2S/c1-16(2,3)20-15(19)18-10-4-5-13(18)11-21-14-8-6-12(17)7-9-14/h6-9,13H,4-5,10-11H2,1-3H3. The van der Waals surface area contributed by atoms with Crippen LogP contribution in [0.4, 0.5) is 4.79 Å². The van der Waals surface area contributed by atoms with E-state index >= 15 is 0 Å². The molecular weight excluding hydrogens is 350 g/mol. The second-order valence-corrected chi connectivity index (χ2v) is 8.24. The molecule has 0 radical (unpaired) electrons. The summed E-state index contributed by atoms with van der Waals surface area (Å²) in [6, 6.07) is 8.56. The van der Waals surface area contributed by atoms with Gasteiger partial charge in [0.05, 0.1) is 0 Å². The van der Waals surface area contributed by atoms with Crippen molar-refractivity contribution < 1.29 is 9.53 Å². The highest BCUT2D eigenvalue weighted by atomic mass is 79.9. The summed E-state index contributed by atoms with van der Waals surface area (Å²) >= 11 is 5.24. The van der Waals surface area contributed by atoms with Gasteiger partial charge in [-0.2, -0.15) is 0 Å². The number of rotatable bonds is 3. The molecule has 1 atom stereocenters. The zero-order chi connectivity index (χ0) is 15.5. The first kappa shape index (κ1) is 16.7. The van der Waals surface area contributed by atoms with Crippen LogP contribution in [0.3, 0.4) is 0 Å². The number of thioether (sulfide) groups is 1. The molecule has 1 fully saturated rings. The number of amides is 1. The van der Waals surface area contributed by atoms with E-state index in [0.29, 0.717) is 0 Å². The minimum atomic E-state index is -0.428. The van der Waals surface area contributed by atoms with Gasteiger partial charge in [-0.1, -0.05) is 15.9 Å². The van der Waals surface area contributed by atoms with Crippen molar-refractivity contribution in [1.29, 1.82) is 0 Å². The van der Waals surface area contributed by atoms with E-state index in [9.17, 15) is 4.79 Å². The van der Waals surface area contributed by atoms with Crippen LogP contribution in [0.15, 0.2) is 33.6 Å². The first-order chi connectivity index (χ1) is 9.85. The number of nitrogens with zero attached hydrogens (tertiary/aromatic N) is 1. The quantitative estimate of drug-likeness (QED) is 0.704. The van der Waals surface area contributed by atoms with E-state index in [4.69, 9.17) is 4.74 Å². The fourth-order valence-corrected chi connectivity index (χ4v) is 3.62. The van der Waals surface area contributed by atoms with E-state index in [0.717, 1.165) is 29.6 Å². The first-order valence-electron chi connectivity index (χ1n) is 7.23. The molecule has 1 amide bonds. The average Bonchev–Trinajstić information content (AvgIpc) is 2.84. The summed E-state index contributed by atoms with van der Waals surface area (Å²) in [4.78, 5) is 15.3. The van der Waals surface area contributed by atoms with Crippen molar-refractivity contribution in [3.05, 3.63) is 28.7 Å². The molecule has 1 unspecified atom stereocenters. The summed E-state index contributed by atoms with van der Waals surface area (Å²) in [7, 11) is 0. The molecule has 3 nitrogen and oxygen atoms in total. The second-order valence-electron chi connectivity index (χ2n) is 6.23. The molecule has 21 heavy (non-hydrogen) atoms. The summed E-state index contributed by atoms with van der Waals surface area (Å²) in [6.45, 7) is 6.53. The fourth-order valence-electron chi connectivity index (χ4n) is 2.29. The normalized spacial score (nSPS) is 18.9. The highest BCUT2D eigenvalue weighted by molar-refractivity contribution is 9.10. The molecule has 0 saturated carbocycles. The van der Waals surface area contributed by atoms with E-state index in [1.807, 2.05) is 37.8 Å². The third-order valence-corrected chi connectivity index (χ3v) is 4.95. The molecule has 1 saturated heterocycles. The number of halogens is 1. The van der Waals surface area contributed by atoms with Crippen molar-refractivity contribution in [2.75, 3.05) is 12.3 Å². The molecule has 1 aromatic carbocycles. The summed E-state index contributed by atoms with van der Waals surface area (Å²) in [5, 5.41) is 0. The Kier molecular flexibility index (Phi) is 5.60. The lowest BCUT2D eigenvalue weighted by Crippen LogP contribution is -2.40. The number of carbonyl (C=O) groups is 1. The average molecular weight is 372 g/mol. The van der Waals surface area contributed by atoms with Crippen LogP contribution >= 0.6 is 27.7 Å². The lowest BCUT2D eigenvalue weighted by atomic mass is 10.2. The van der Waals surface area contributed by atoms with Gasteiger partial charge < -0.3 is 9.64 Å². The predicted octanol–water partition coefficient (Wildman–Crippen LogP) is 4.94. The van der Waals surface area contributed by atoms with Crippen molar-refractivity contribution in [3.8, 4) is 0 Å². The molecule has 1 aliphatic heterocycles. The molecule has 116 valence electrons. The van der Waals surface area contributed by atoms with Crippen LogP contribution in [0.1, 0.15) is 33.6 Å². The Labute approximate surface area is 139 Å². The Hall–Kier alpha value is -0.680. The maximum Gasteiger partial charge on any atom is 0.410 e. The molecule has 1 aliphatic rings. The molecule has 5 heteroatoms. The number of hydrogen-bond donors (Lipinski definition) is 0. The van der Waals surface area contributed by atoms with Crippen LogP contribution in [-0.4, -0.2) is 34.9 Å². The minimum absolute atomic E-state index is 0.179. The summed E-state index contributed by atoms with van der Waals surface area (Å²) in [5.41, 5.74) is -0.428. The van der Waals surface area contributed by atoms with Crippen LogP contribution in [0, 0.1) is 0 Å². The van der Waals surface area contributed by atoms with Gasteiger partial charge in [-0.3, -0.25) is 0 Å². The Balaban J connectivity index is 1.90. The number of ether oxygens (including phenoxy) is 1. The van der Waals surface area contributed by atoms with Gasteiger partial charge in [-0.15, -0.1) is 11.8 Å². The SMILES string of the molecule is CC(C)(C)OC(=O)N1CCCC1CSc1ccc(Br)cc1. The van der Waals surface area contributed by atoms with E-state index in [1.54, 1.807) is 11.8 Å². The van der Waals surface area contributed by atoms with E-state index < -0.39 is 5.60 Å². The van der Waals surface area contributed by atoms with E-state index in [2.05, 4.69) is 28.1 Å². The lowest BCUT2D eigenvalue weighted by molar-refractivity contribution is 0.0242. The van der Waals surface area contributed by atoms with Crippen LogP contribution in [0.25, 0.3) is 0 Å². The molecule has 0 aromatic heterocycles. The van der Waals surface area contributed by atoms with Crippen LogP contribution in [-0.2, 0) is 4.74 Å². The largest absolute Gasteiger partial charge is 0.444 e. The zero-order valence-corrected chi connectivity index (χ0v) is 15.2. The lowest BCUT2D eigenvalue weighted by Gasteiger charge is -2.28. The van der Waals surface area contributed by atoms with Crippen molar-refractivity contribution in [3.63, 3.8) is 0 Å². The van der Waals surface area contributed by atoms with Crippen molar-refractivity contribution in [2.24, 2.45) is 0 Å². The molecule has 1 aromatic rings. The topological polar surface area (TPSA) is 29.5 Å². The molecule has 0 bridgehead atoms. The Morgan fingerprint density at radius 2 is 2.05 bits per heavy atom.